The van der Waals surface area contributed by atoms with Crippen LogP contribution in [0.5, 0.6) is 5.75 Å². The topological polar surface area (TPSA) is 46.5 Å². The van der Waals surface area contributed by atoms with Gasteiger partial charge < -0.3 is 9.84 Å². The Morgan fingerprint density at radius 1 is 1.25 bits per heavy atom. The van der Waals surface area contributed by atoms with E-state index in [1.54, 1.807) is 0 Å². The summed E-state index contributed by atoms with van der Waals surface area (Å²) in [5.41, 5.74) is 0.269. The average Bonchev–Trinajstić information content (AvgIpc) is 2.20. The Kier molecular flexibility index (Phi) is 3.55. The highest BCUT2D eigenvalue weighted by Crippen LogP contribution is 2.24. The SMILES string of the molecule is O=C/C(=C\O)c1ccc(OC(F)(F)F)cc1. The molecule has 0 aromatic heterocycles. The molecule has 0 heterocycles. The van der Waals surface area contributed by atoms with Gasteiger partial charge in [-0.1, -0.05) is 12.1 Å². The van der Waals surface area contributed by atoms with Gasteiger partial charge in [0.05, 0.1) is 11.8 Å². The van der Waals surface area contributed by atoms with Gasteiger partial charge in [-0.2, -0.15) is 0 Å². The van der Waals surface area contributed by atoms with E-state index in [0.717, 1.165) is 12.1 Å². The number of allylic oxidation sites excluding steroid dienone is 1. The number of hydrogen-bond acceptors (Lipinski definition) is 3. The van der Waals surface area contributed by atoms with Crippen LogP contribution >= 0.6 is 0 Å². The Morgan fingerprint density at radius 3 is 2.19 bits per heavy atom. The number of alkyl halides is 3. The molecule has 0 radical (unpaired) electrons. The van der Waals surface area contributed by atoms with E-state index in [9.17, 15) is 18.0 Å². The Bertz CT molecular complexity index is 393. The molecule has 0 saturated heterocycles. The van der Waals surface area contributed by atoms with Crippen LogP contribution in [0.3, 0.4) is 0 Å². The molecule has 0 aliphatic carbocycles. The molecule has 0 amide bonds. The van der Waals surface area contributed by atoms with Gasteiger partial charge in [-0.3, -0.25) is 4.79 Å². The molecule has 1 aromatic rings. The van der Waals surface area contributed by atoms with Gasteiger partial charge in [0.1, 0.15) is 5.75 Å². The van der Waals surface area contributed by atoms with Crippen LogP contribution in [0.2, 0.25) is 0 Å². The fourth-order valence-electron chi connectivity index (χ4n) is 1.02. The van der Waals surface area contributed by atoms with Gasteiger partial charge in [0, 0.05) is 0 Å². The van der Waals surface area contributed by atoms with Crippen molar-refractivity contribution in [2.45, 2.75) is 6.36 Å². The second kappa shape index (κ2) is 4.69. The van der Waals surface area contributed by atoms with Crippen LogP contribution in [0.1, 0.15) is 5.56 Å². The summed E-state index contributed by atoms with van der Waals surface area (Å²) < 4.78 is 39.0. The van der Waals surface area contributed by atoms with E-state index in [1.165, 1.54) is 12.1 Å². The van der Waals surface area contributed by atoms with E-state index >= 15 is 0 Å². The van der Waals surface area contributed by atoms with Gasteiger partial charge in [-0.25, -0.2) is 0 Å². The number of ether oxygens (including phenoxy) is 1. The number of aldehydes is 1. The Labute approximate surface area is 88.8 Å². The maximum absolute atomic E-state index is 11.8. The van der Waals surface area contributed by atoms with Crippen LogP contribution < -0.4 is 4.74 Å². The zero-order chi connectivity index (χ0) is 12.2. The molecule has 3 nitrogen and oxygen atoms in total. The van der Waals surface area contributed by atoms with Crippen molar-refractivity contribution >= 4 is 11.9 Å². The van der Waals surface area contributed by atoms with Gasteiger partial charge in [-0.05, 0) is 17.7 Å². The number of carbonyl (C=O) groups is 1. The van der Waals surface area contributed by atoms with Gasteiger partial charge in [0.15, 0.2) is 6.29 Å². The molecule has 6 heteroatoms. The third-order valence-electron chi connectivity index (χ3n) is 1.69. The summed E-state index contributed by atoms with van der Waals surface area (Å²) in [6.07, 6.45) is -3.78. The molecular formula is C10H7F3O3. The predicted octanol–water partition coefficient (Wildman–Crippen LogP) is 2.68. The first-order chi connectivity index (χ1) is 7.46. The van der Waals surface area contributed by atoms with Crippen LogP contribution in [0, 0.1) is 0 Å². The van der Waals surface area contributed by atoms with Crippen LogP contribution in [0.15, 0.2) is 30.5 Å². The standard InChI is InChI=1S/C10H7F3O3/c11-10(12,13)16-9-3-1-7(2-4-9)8(5-14)6-15/h1-6,14H/b8-5+. The molecule has 0 aliphatic rings. The monoisotopic (exact) mass is 232 g/mol. The Hall–Kier alpha value is -1.98. The molecule has 1 rings (SSSR count). The molecule has 1 aromatic carbocycles. The third-order valence-corrected chi connectivity index (χ3v) is 1.69. The summed E-state index contributed by atoms with van der Waals surface area (Å²) in [6, 6.07) is 4.57. The minimum atomic E-state index is -4.75. The van der Waals surface area contributed by atoms with Gasteiger partial charge in [-0.15, -0.1) is 13.2 Å². The summed E-state index contributed by atoms with van der Waals surface area (Å²) in [7, 11) is 0. The second-order valence-corrected chi connectivity index (χ2v) is 2.77. The lowest BCUT2D eigenvalue weighted by Crippen LogP contribution is -2.17. The molecule has 0 unspecified atom stereocenters. The maximum Gasteiger partial charge on any atom is 0.573 e. The smallest absolute Gasteiger partial charge is 0.515 e. The van der Waals surface area contributed by atoms with Gasteiger partial charge in [0.2, 0.25) is 0 Å². The highest BCUT2D eigenvalue weighted by atomic mass is 19.4. The summed E-state index contributed by atoms with van der Waals surface area (Å²) >= 11 is 0. The summed E-state index contributed by atoms with van der Waals surface area (Å²) in [5.74, 6) is -0.389. The van der Waals surface area contributed by atoms with Crippen molar-refractivity contribution in [1.82, 2.24) is 0 Å². The normalized spacial score (nSPS) is 12.3. The highest BCUT2D eigenvalue weighted by Gasteiger charge is 2.30. The Morgan fingerprint density at radius 2 is 1.81 bits per heavy atom. The van der Waals surface area contributed by atoms with Crippen LogP contribution in [-0.4, -0.2) is 17.8 Å². The number of halogens is 3. The highest BCUT2D eigenvalue weighted by molar-refractivity contribution is 6.06. The van der Waals surface area contributed by atoms with Crippen molar-refractivity contribution in [3.63, 3.8) is 0 Å². The first-order valence-corrected chi connectivity index (χ1v) is 4.12. The first kappa shape index (κ1) is 12.1. The van der Waals surface area contributed by atoms with E-state index in [-0.39, 0.29) is 11.3 Å². The molecule has 0 aliphatic heterocycles. The van der Waals surface area contributed by atoms with Gasteiger partial charge >= 0.3 is 6.36 Å². The molecule has 1 N–H and O–H groups in total. The number of aliphatic hydroxyl groups is 1. The lowest BCUT2D eigenvalue weighted by Gasteiger charge is -2.08. The minimum Gasteiger partial charge on any atom is -0.515 e. The molecule has 0 atom stereocenters. The van der Waals surface area contributed by atoms with Crippen molar-refractivity contribution in [3.8, 4) is 5.75 Å². The largest absolute Gasteiger partial charge is 0.573 e. The van der Waals surface area contributed by atoms with E-state index in [2.05, 4.69) is 4.74 Å². The first-order valence-electron chi connectivity index (χ1n) is 4.12. The van der Waals surface area contributed by atoms with Gasteiger partial charge in [0.25, 0.3) is 0 Å². The van der Waals surface area contributed by atoms with Crippen molar-refractivity contribution in [3.05, 3.63) is 36.1 Å². The van der Waals surface area contributed by atoms with E-state index in [4.69, 9.17) is 5.11 Å². The zero-order valence-electron chi connectivity index (χ0n) is 7.86. The molecule has 0 fully saturated rings. The minimum absolute atomic E-state index is 0.0291. The lowest BCUT2D eigenvalue weighted by atomic mass is 10.1. The van der Waals surface area contributed by atoms with Crippen molar-refractivity contribution in [1.29, 1.82) is 0 Å². The van der Waals surface area contributed by atoms with Crippen LogP contribution in [0.25, 0.3) is 5.57 Å². The number of benzene rings is 1. The predicted molar refractivity (Wildman–Crippen MR) is 49.8 cm³/mol. The van der Waals surface area contributed by atoms with E-state index in [0.29, 0.717) is 18.1 Å². The average molecular weight is 232 g/mol. The molecule has 86 valence electrons. The van der Waals surface area contributed by atoms with Crippen molar-refractivity contribution in [2.24, 2.45) is 0 Å². The molecular weight excluding hydrogens is 225 g/mol. The maximum atomic E-state index is 11.8. The summed E-state index contributed by atoms with van der Waals surface area (Å²) in [5, 5.41) is 8.63. The van der Waals surface area contributed by atoms with Crippen LogP contribution in [0.4, 0.5) is 13.2 Å². The molecule has 0 bridgehead atoms. The molecule has 0 saturated carbocycles. The van der Waals surface area contributed by atoms with Crippen molar-refractivity contribution < 1.29 is 27.8 Å². The molecule has 0 spiro atoms. The number of hydrogen-bond donors (Lipinski definition) is 1. The fraction of sp³-hybridized carbons (Fsp3) is 0.100. The van der Waals surface area contributed by atoms with Crippen molar-refractivity contribution in [2.75, 3.05) is 0 Å². The number of rotatable bonds is 3. The zero-order valence-corrected chi connectivity index (χ0v) is 7.86. The quantitative estimate of drug-likeness (QED) is 0.495. The summed E-state index contributed by atoms with van der Waals surface area (Å²) in [4.78, 5) is 10.4. The van der Waals surface area contributed by atoms with E-state index in [1.807, 2.05) is 0 Å². The fourth-order valence-corrected chi connectivity index (χ4v) is 1.02. The lowest BCUT2D eigenvalue weighted by molar-refractivity contribution is -0.274. The number of carbonyl (C=O) groups excluding carboxylic acids is 1. The third kappa shape index (κ3) is 3.30. The summed E-state index contributed by atoms with van der Waals surface area (Å²) in [6.45, 7) is 0. The van der Waals surface area contributed by atoms with Crippen LogP contribution in [-0.2, 0) is 4.79 Å². The second-order valence-electron chi connectivity index (χ2n) is 2.77. The Balaban J connectivity index is 2.87. The van der Waals surface area contributed by atoms with E-state index < -0.39 is 6.36 Å². The molecule has 16 heavy (non-hydrogen) atoms. The number of aliphatic hydroxyl groups excluding tert-OH is 1.